The van der Waals surface area contributed by atoms with Crippen LogP contribution in [-0.4, -0.2) is 18.1 Å². The van der Waals surface area contributed by atoms with Crippen LogP contribution >= 0.6 is 22.6 Å². The zero-order valence-electron chi connectivity index (χ0n) is 11.1. The van der Waals surface area contributed by atoms with Gasteiger partial charge in [0.1, 0.15) is 0 Å². The fourth-order valence-corrected chi connectivity index (χ4v) is 2.39. The average Bonchev–Trinajstić information content (AvgIpc) is 2.48. The van der Waals surface area contributed by atoms with E-state index in [1.54, 1.807) is 0 Å². The summed E-state index contributed by atoms with van der Waals surface area (Å²) in [6.45, 7) is 0.757. The maximum absolute atomic E-state index is 8.86. The molecule has 0 aromatic heterocycles. The third-order valence-electron chi connectivity index (χ3n) is 3.03. The summed E-state index contributed by atoms with van der Waals surface area (Å²) in [5.74, 6) is 0.120. The van der Waals surface area contributed by atoms with Crippen molar-refractivity contribution < 1.29 is 5.21 Å². The van der Waals surface area contributed by atoms with Gasteiger partial charge in [0.15, 0.2) is 5.84 Å². The summed E-state index contributed by atoms with van der Waals surface area (Å²) in [4.78, 5) is 2.08. The Morgan fingerprint density at radius 3 is 2.50 bits per heavy atom. The number of oxime groups is 1. The van der Waals surface area contributed by atoms with E-state index in [0.717, 1.165) is 17.8 Å². The van der Waals surface area contributed by atoms with E-state index in [4.69, 9.17) is 10.9 Å². The van der Waals surface area contributed by atoms with Crippen molar-refractivity contribution in [1.82, 2.24) is 0 Å². The first-order valence-electron chi connectivity index (χ1n) is 6.14. The van der Waals surface area contributed by atoms with E-state index in [-0.39, 0.29) is 5.84 Å². The van der Waals surface area contributed by atoms with Gasteiger partial charge in [0.05, 0.1) is 0 Å². The molecule has 104 valence electrons. The number of nitrogens with zero attached hydrogens (tertiary/aromatic N) is 2. The summed E-state index contributed by atoms with van der Waals surface area (Å²) in [6.07, 6.45) is 0. The second-order valence-electron chi connectivity index (χ2n) is 4.48. The SMILES string of the molecule is CN(Cc1ccc(I)cc1)c1ccccc1/C(N)=N/O. The number of amidine groups is 1. The molecule has 0 fully saturated rings. The Labute approximate surface area is 132 Å². The van der Waals surface area contributed by atoms with Crippen molar-refractivity contribution in [3.63, 3.8) is 0 Å². The van der Waals surface area contributed by atoms with Crippen molar-refractivity contribution in [1.29, 1.82) is 0 Å². The largest absolute Gasteiger partial charge is 0.409 e. The number of hydrogen-bond donors (Lipinski definition) is 2. The Hall–Kier alpha value is -1.76. The molecule has 0 saturated heterocycles. The summed E-state index contributed by atoms with van der Waals surface area (Å²) < 4.78 is 1.21. The van der Waals surface area contributed by atoms with Gasteiger partial charge in [-0.05, 0) is 52.4 Å². The molecule has 0 heterocycles. The number of para-hydroxylation sites is 1. The number of nitrogens with two attached hydrogens (primary N) is 1. The van der Waals surface area contributed by atoms with Crippen molar-refractivity contribution in [3.8, 4) is 0 Å². The van der Waals surface area contributed by atoms with Gasteiger partial charge in [0.25, 0.3) is 0 Å². The van der Waals surface area contributed by atoms with Crippen LogP contribution in [0.3, 0.4) is 0 Å². The van der Waals surface area contributed by atoms with Crippen LogP contribution in [0.2, 0.25) is 0 Å². The molecule has 2 aromatic carbocycles. The molecule has 0 aliphatic carbocycles. The second-order valence-corrected chi connectivity index (χ2v) is 5.73. The molecular formula is C15H16IN3O. The van der Waals surface area contributed by atoms with Gasteiger partial charge in [-0.25, -0.2) is 0 Å². The molecule has 0 spiro atoms. The van der Waals surface area contributed by atoms with E-state index in [1.807, 2.05) is 31.3 Å². The normalized spacial score (nSPS) is 11.4. The quantitative estimate of drug-likeness (QED) is 0.281. The van der Waals surface area contributed by atoms with E-state index >= 15 is 0 Å². The van der Waals surface area contributed by atoms with Gasteiger partial charge < -0.3 is 15.8 Å². The number of benzene rings is 2. The molecule has 3 N–H and O–H groups in total. The molecule has 2 rings (SSSR count). The van der Waals surface area contributed by atoms with E-state index in [1.165, 1.54) is 9.13 Å². The number of hydrogen-bond acceptors (Lipinski definition) is 3. The molecular weight excluding hydrogens is 365 g/mol. The lowest BCUT2D eigenvalue weighted by molar-refractivity contribution is 0.318. The monoisotopic (exact) mass is 381 g/mol. The number of halogens is 1. The molecule has 0 amide bonds. The van der Waals surface area contributed by atoms with E-state index in [9.17, 15) is 0 Å². The van der Waals surface area contributed by atoms with Gasteiger partial charge in [-0.15, -0.1) is 0 Å². The molecule has 0 aliphatic rings. The predicted molar refractivity (Wildman–Crippen MR) is 90.2 cm³/mol. The molecule has 4 nitrogen and oxygen atoms in total. The summed E-state index contributed by atoms with van der Waals surface area (Å²) in [5.41, 5.74) is 8.59. The Kier molecular flexibility index (Phi) is 4.84. The fraction of sp³-hybridized carbons (Fsp3) is 0.133. The van der Waals surface area contributed by atoms with Gasteiger partial charge in [0.2, 0.25) is 0 Å². The highest BCUT2D eigenvalue weighted by atomic mass is 127. The van der Waals surface area contributed by atoms with Crippen molar-refractivity contribution in [2.45, 2.75) is 6.54 Å². The molecule has 2 aromatic rings. The Morgan fingerprint density at radius 1 is 1.20 bits per heavy atom. The van der Waals surface area contributed by atoms with Crippen molar-refractivity contribution in [3.05, 3.63) is 63.2 Å². The molecule has 5 heteroatoms. The molecule has 0 saturated carbocycles. The third kappa shape index (κ3) is 3.41. The van der Waals surface area contributed by atoms with E-state index in [0.29, 0.717) is 0 Å². The van der Waals surface area contributed by atoms with Crippen LogP contribution in [-0.2, 0) is 6.54 Å². The van der Waals surface area contributed by atoms with Gasteiger partial charge in [0, 0.05) is 28.4 Å². The van der Waals surface area contributed by atoms with Crippen LogP contribution in [0.15, 0.2) is 53.7 Å². The van der Waals surface area contributed by atoms with Crippen molar-refractivity contribution >= 4 is 34.1 Å². The predicted octanol–water partition coefficient (Wildman–Crippen LogP) is 3.02. The van der Waals surface area contributed by atoms with Crippen LogP contribution in [0.1, 0.15) is 11.1 Å². The lowest BCUT2D eigenvalue weighted by atomic mass is 10.1. The second kappa shape index (κ2) is 6.60. The van der Waals surface area contributed by atoms with Crippen molar-refractivity contribution in [2.24, 2.45) is 10.9 Å². The zero-order chi connectivity index (χ0) is 14.5. The van der Waals surface area contributed by atoms with Crippen LogP contribution < -0.4 is 10.6 Å². The topological polar surface area (TPSA) is 61.8 Å². The zero-order valence-corrected chi connectivity index (χ0v) is 13.3. The summed E-state index contributed by atoms with van der Waals surface area (Å²) in [5, 5.41) is 11.9. The van der Waals surface area contributed by atoms with E-state index in [2.05, 4.69) is 56.9 Å². The van der Waals surface area contributed by atoms with Crippen LogP contribution in [0, 0.1) is 3.57 Å². The minimum atomic E-state index is 0.120. The van der Waals surface area contributed by atoms with Gasteiger partial charge in [-0.1, -0.05) is 29.4 Å². The summed E-state index contributed by atoms with van der Waals surface area (Å²) in [6, 6.07) is 16.0. The molecule has 0 aliphatic heterocycles. The first-order chi connectivity index (χ1) is 9.61. The van der Waals surface area contributed by atoms with Gasteiger partial charge in [-0.2, -0.15) is 0 Å². The molecule has 20 heavy (non-hydrogen) atoms. The number of anilines is 1. The Bertz CT molecular complexity index is 611. The molecule has 0 unspecified atom stereocenters. The average molecular weight is 381 g/mol. The molecule has 0 bridgehead atoms. The van der Waals surface area contributed by atoms with E-state index < -0.39 is 0 Å². The molecule has 0 atom stereocenters. The van der Waals surface area contributed by atoms with Crippen LogP contribution in [0.5, 0.6) is 0 Å². The minimum absolute atomic E-state index is 0.120. The lowest BCUT2D eigenvalue weighted by Crippen LogP contribution is -2.22. The fourth-order valence-electron chi connectivity index (χ4n) is 2.03. The number of rotatable bonds is 4. The third-order valence-corrected chi connectivity index (χ3v) is 3.75. The van der Waals surface area contributed by atoms with Crippen LogP contribution in [0.25, 0.3) is 0 Å². The first kappa shape index (κ1) is 14.6. The highest BCUT2D eigenvalue weighted by molar-refractivity contribution is 14.1. The standard InChI is InChI=1S/C15H16IN3O/c1-19(10-11-6-8-12(16)9-7-11)14-5-3-2-4-13(14)15(17)18-20/h2-9,20H,10H2,1H3,(H2,17,18). The highest BCUT2D eigenvalue weighted by Gasteiger charge is 2.10. The maximum Gasteiger partial charge on any atom is 0.172 e. The molecule has 0 radical (unpaired) electrons. The Morgan fingerprint density at radius 2 is 1.85 bits per heavy atom. The smallest absolute Gasteiger partial charge is 0.172 e. The minimum Gasteiger partial charge on any atom is -0.409 e. The lowest BCUT2D eigenvalue weighted by Gasteiger charge is -2.22. The van der Waals surface area contributed by atoms with Crippen molar-refractivity contribution in [2.75, 3.05) is 11.9 Å². The maximum atomic E-state index is 8.86. The summed E-state index contributed by atoms with van der Waals surface area (Å²) in [7, 11) is 1.99. The highest BCUT2D eigenvalue weighted by Crippen LogP contribution is 2.21. The van der Waals surface area contributed by atoms with Gasteiger partial charge >= 0.3 is 0 Å². The Balaban J connectivity index is 2.25. The first-order valence-corrected chi connectivity index (χ1v) is 7.22. The van der Waals surface area contributed by atoms with Crippen LogP contribution in [0.4, 0.5) is 5.69 Å². The summed E-state index contributed by atoms with van der Waals surface area (Å²) >= 11 is 2.29. The van der Waals surface area contributed by atoms with Gasteiger partial charge in [-0.3, -0.25) is 0 Å².